The Labute approximate surface area is 143 Å². The molecule has 1 heterocycles. The third-order valence-electron chi connectivity index (χ3n) is 4.51. The monoisotopic (exact) mass is 342 g/mol. The van der Waals surface area contributed by atoms with Crippen LogP contribution >= 0.6 is 0 Å². The molecule has 2 aliphatic rings. The van der Waals surface area contributed by atoms with Crippen LogP contribution < -0.4 is 10.6 Å². The standard InChI is InChI=1S/C17H30N2O5/c1-2-8-22-12-15(20)18-13-17(6-4-3-5-7-17)19-16(21)14-11-23-9-10-24-14/h14H,2-13H2,1H3,(H,18,20)(H,19,21). The van der Waals surface area contributed by atoms with E-state index in [1.807, 2.05) is 6.92 Å². The third-order valence-corrected chi connectivity index (χ3v) is 4.51. The highest BCUT2D eigenvalue weighted by Crippen LogP contribution is 2.28. The van der Waals surface area contributed by atoms with E-state index in [1.54, 1.807) is 0 Å². The summed E-state index contributed by atoms with van der Waals surface area (Å²) in [5.74, 6) is -0.284. The molecule has 1 unspecified atom stereocenters. The molecule has 2 fully saturated rings. The minimum atomic E-state index is -0.554. The number of amides is 2. The molecule has 138 valence electrons. The fourth-order valence-corrected chi connectivity index (χ4v) is 3.18. The van der Waals surface area contributed by atoms with Crippen LogP contribution in [0.3, 0.4) is 0 Å². The molecule has 1 aliphatic heterocycles. The van der Waals surface area contributed by atoms with Crippen LogP contribution in [0, 0.1) is 0 Å². The molecule has 0 spiro atoms. The number of rotatable bonds is 8. The molecule has 0 aromatic rings. The zero-order valence-electron chi connectivity index (χ0n) is 14.6. The SMILES string of the molecule is CCCOCC(=O)NCC1(NC(=O)C2COCCO2)CCCCC1. The molecule has 0 radical (unpaired) electrons. The van der Waals surface area contributed by atoms with Gasteiger partial charge in [-0.15, -0.1) is 0 Å². The summed E-state index contributed by atoms with van der Waals surface area (Å²) >= 11 is 0. The second-order valence-corrected chi connectivity index (χ2v) is 6.59. The minimum Gasteiger partial charge on any atom is -0.376 e. The molecular formula is C17H30N2O5. The van der Waals surface area contributed by atoms with Crippen molar-refractivity contribution in [1.29, 1.82) is 0 Å². The molecule has 0 bridgehead atoms. The third kappa shape index (κ3) is 6.03. The molecule has 2 rings (SSSR count). The van der Waals surface area contributed by atoms with Crippen molar-refractivity contribution in [2.24, 2.45) is 0 Å². The fourth-order valence-electron chi connectivity index (χ4n) is 3.18. The molecule has 2 N–H and O–H groups in total. The van der Waals surface area contributed by atoms with Crippen molar-refractivity contribution in [3.63, 3.8) is 0 Å². The Bertz CT molecular complexity index is 404. The molecule has 7 nitrogen and oxygen atoms in total. The van der Waals surface area contributed by atoms with E-state index < -0.39 is 11.6 Å². The molecule has 1 aliphatic carbocycles. The van der Waals surface area contributed by atoms with Gasteiger partial charge in [-0.3, -0.25) is 9.59 Å². The van der Waals surface area contributed by atoms with Crippen LogP contribution in [0.5, 0.6) is 0 Å². The highest BCUT2D eigenvalue weighted by molar-refractivity contribution is 5.82. The normalized spacial score (nSPS) is 23.5. The first kappa shape index (κ1) is 19.1. The lowest BCUT2D eigenvalue weighted by Crippen LogP contribution is -2.60. The van der Waals surface area contributed by atoms with Gasteiger partial charge in [0.15, 0.2) is 6.10 Å². The summed E-state index contributed by atoms with van der Waals surface area (Å²) in [6, 6.07) is 0. The van der Waals surface area contributed by atoms with Gasteiger partial charge in [0.2, 0.25) is 5.91 Å². The maximum Gasteiger partial charge on any atom is 0.252 e. The lowest BCUT2D eigenvalue weighted by Gasteiger charge is -2.39. The van der Waals surface area contributed by atoms with E-state index in [0.717, 1.165) is 38.5 Å². The van der Waals surface area contributed by atoms with Crippen LogP contribution in [0.4, 0.5) is 0 Å². The molecule has 0 aromatic carbocycles. The van der Waals surface area contributed by atoms with Crippen molar-refractivity contribution < 1.29 is 23.8 Å². The van der Waals surface area contributed by atoms with E-state index in [0.29, 0.717) is 33.0 Å². The second-order valence-electron chi connectivity index (χ2n) is 6.59. The van der Waals surface area contributed by atoms with Crippen molar-refractivity contribution in [3.05, 3.63) is 0 Å². The Morgan fingerprint density at radius 2 is 2.00 bits per heavy atom. The molecule has 1 atom stereocenters. The smallest absolute Gasteiger partial charge is 0.252 e. The van der Waals surface area contributed by atoms with Crippen LogP contribution in [0.1, 0.15) is 45.4 Å². The lowest BCUT2D eigenvalue weighted by atomic mass is 9.81. The highest BCUT2D eigenvalue weighted by atomic mass is 16.6. The zero-order chi connectivity index (χ0) is 17.3. The lowest BCUT2D eigenvalue weighted by molar-refractivity contribution is -0.150. The highest BCUT2D eigenvalue weighted by Gasteiger charge is 2.36. The van der Waals surface area contributed by atoms with Crippen LogP contribution in [-0.2, 0) is 23.8 Å². The Morgan fingerprint density at radius 1 is 1.21 bits per heavy atom. The van der Waals surface area contributed by atoms with E-state index in [-0.39, 0.29) is 18.4 Å². The summed E-state index contributed by atoms with van der Waals surface area (Å²) in [5, 5.41) is 6.03. The van der Waals surface area contributed by atoms with Gasteiger partial charge in [0.05, 0.1) is 25.4 Å². The van der Waals surface area contributed by atoms with Gasteiger partial charge in [-0.2, -0.15) is 0 Å². The first-order valence-corrected chi connectivity index (χ1v) is 9.01. The molecule has 7 heteroatoms. The largest absolute Gasteiger partial charge is 0.376 e. The number of carbonyl (C=O) groups excluding carboxylic acids is 2. The molecular weight excluding hydrogens is 312 g/mol. The zero-order valence-corrected chi connectivity index (χ0v) is 14.6. The Morgan fingerprint density at radius 3 is 2.67 bits per heavy atom. The van der Waals surface area contributed by atoms with E-state index in [4.69, 9.17) is 14.2 Å². The first-order valence-electron chi connectivity index (χ1n) is 9.01. The Hall–Kier alpha value is -1.18. The fraction of sp³-hybridized carbons (Fsp3) is 0.882. The summed E-state index contributed by atoms with van der Waals surface area (Å²) in [7, 11) is 0. The summed E-state index contributed by atoms with van der Waals surface area (Å²) in [6.45, 7) is 4.34. The van der Waals surface area contributed by atoms with Crippen LogP contribution in [0.25, 0.3) is 0 Å². The van der Waals surface area contributed by atoms with Crippen LogP contribution in [0.2, 0.25) is 0 Å². The topological polar surface area (TPSA) is 85.9 Å². The van der Waals surface area contributed by atoms with Gasteiger partial charge in [0.25, 0.3) is 5.91 Å². The van der Waals surface area contributed by atoms with Crippen molar-refractivity contribution in [3.8, 4) is 0 Å². The Kier molecular flexibility index (Phi) is 7.94. The maximum atomic E-state index is 12.5. The molecule has 1 saturated carbocycles. The second kappa shape index (κ2) is 9.96. The summed E-state index contributed by atoms with van der Waals surface area (Å²) in [6.07, 6.45) is 5.31. The maximum absolute atomic E-state index is 12.5. The van der Waals surface area contributed by atoms with Gasteiger partial charge >= 0.3 is 0 Å². The number of nitrogens with one attached hydrogen (secondary N) is 2. The average Bonchev–Trinajstić information content (AvgIpc) is 2.62. The van der Waals surface area contributed by atoms with Gasteiger partial charge in [-0.25, -0.2) is 0 Å². The van der Waals surface area contributed by atoms with E-state index in [2.05, 4.69) is 10.6 Å². The van der Waals surface area contributed by atoms with E-state index in [9.17, 15) is 9.59 Å². The number of hydrogen-bond acceptors (Lipinski definition) is 5. The van der Waals surface area contributed by atoms with Gasteiger partial charge in [-0.05, 0) is 19.3 Å². The Balaban J connectivity index is 1.85. The van der Waals surface area contributed by atoms with Crippen LogP contribution in [-0.4, -0.2) is 63.0 Å². The predicted molar refractivity (Wildman–Crippen MR) is 88.6 cm³/mol. The minimum absolute atomic E-state index is 0.0669. The van der Waals surface area contributed by atoms with Gasteiger partial charge in [0.1, 0.15) is 6.61 Å². The summed E-state index contributed by atoms with van der Waals surface area (Å²) in [5.41, 5.74) is -0.392. The van der Waals surface area contributed by atoms with Crippen molar-refractivity contribution >= 4 is 11.8 Å². The quantitative estimate of drug-likeness (QED) is 0.636. The molecule has 0 aromatic heterocycles. The number of ether oxygens (including phenoxy) is 3. The van der Waals surface area contributed by atoms with Gasteiger partial charge in [-0.1, -0.05) is 26.2 Å². The van der Waals surface area contributed by atoms with Gasteiger partial charge in [0, 0.05) is 13.2 Å². The molecule has 24 heavy (non-hydrogen) atoms. The van der Waals surface area contributed by atoms with Crippen molar-refractivity contribution in [2.45, 2.75) is 57.1 Å². The molecule has 2 amide bonds. The first-order chi connectivity index (χ1) is 11.7. The predicted octanol–water partition coefficient (Wildman–Crippen LogP) is 0.764. The van der Waals surface area contributed by atoms with E-state index in [1.165, 1.54) is 0 Å². The van der Waals surface area contributed by atoms with Crippen LogP contribution in [0.15, 0.2) is 0 Å². The average molecular weight is 342 g/mol. The van der Waals surface area contributed by atoms with Crippen molar-refractivity contribution in [1.82, 2.24) is 10.6 Å². The molecule has 1 saturated heterocycles. The van der Waals surface area contributed by atoms with E-state index >= 15 is 0 Å². The van der Waals surface area contributed by atoms with Crippen molar-refractivity contribution in [2.75, 3.05) is 39.6 Å². The number of carbonyl (C=O) groups is 2. The summed E-state index contributed by atoms with van der Waals surface area (Å²) in [4.78, 5) is 24.4. The summed E-state index contributed by atoms with van der Waals surface area (Å²) < 4.78 is 16.0. The van der Waals surface area contributed by atoms with Gasteiger partial charge < -0.3 is 24.8 Å². The number of hydrogen-bond donors (Lipinski definition) is 2.